The van der Waals surface area contributed by atoms with Crippen molar-refractivity contribution in [2.24, 2.45) is 0 Å². The van der Waals surface area contributed by atoms with E-state index in [0.29, 0.717) is 11.5 Å². The topological polar surface area (TPSA) is 100 Å². The molecule has 0 radical (unpaired) electrons. The Balaban J connectivity index is 1.43. The number of anilines is 1. The Morgan fingerprint density at radius 1 is 1.12 bits per heavy atom. The van der Waals surface area contributed by atoms with Crippen molar-refractivity contribution in [1.82, 2.24) is 15.3 Å². The number of amides is 2. The van der Waals surface area contributed by atoms with E-state index in [9.17, 15) is 9.59 Å². The summed E-state index contributed by atoms with van der Waals surface area (Å²) in [5.74, 6) is -0.336. The summed E-state index contributed by atoms with van der Waals surface area (Å²) in [5.41, 5.74) is 2.19. The Kier molecular flexibility index (Phi) is 3.89. The van der Waals surface area contributed by atoms with E-state index in [-0.39, 0.29) is 11.7 Å². The number of hydrogen-bond acceptors (Lipinski definition) is 4. The number of hydrogen-bond donors (Lipinski definition) is 3. The van der Waals surface area contributed by atoms with Gasteiger partial charge in [0.2, 0.25) is 11.9 Å². The molecule has 7 nitrogen and oxygen atoms in total. The molecule has 0 aliphatic heterocycles. The van der Waals surface area contributed by atoms with Crippen LogP contribution in [-0.2, 0) is 4.79 Å². The minimum atomic E-state index is -0.760. The van der Waals surface area contributed by atoms with Gasteiger partial charge in [0, 0.05) is 5.39 Å². The van der Waals surface area contributed by atoms with Crippen molar-refractivity contribution in [1.29, 1.82) is 0 Å². The van der Waals surface area contributed by atoms with Gasteiger partial charge < -0.3 is 14.7 Å². The van der Waals surface area contributed by atoms with Crippen LogP contribution in [0.5, 0.6) is 0 Å². The molecule has 0 aliphatic carbocycles. The minimum absolute atomic E-state index is 0.162. The fraction of sp³-hybridized carbons (Fsp3) is 0.105. The number of carbonyl (C=O) groups is 2. The zero-order chi connectivity index (χ0) is 18.1. The molecule has 2 amide bonds. The molecular formula is C19H16N4O3. The number of benzene rings is 2. The molecule has 0 fully saturated rings. The molecule has 4 aromatic rings. The first kappa shape index (κ1) is 15.9. The first-order chi connectivity index (χ1) is 12.6. The molecule has 0 saturated heterocycles. The number of nitrogens with zero attached hydrogens (tertiary/aromatic N) is 1. The van der Waals surface area contributed by atoms with Crippen LogP contribution in [0.15, 0.2) is 59.0 Å². The number of para-hydroxylation sites is 3. The third kappa shape index (κ3) is 3.02. The fourth-order valence-corrected chi connectivity index (χ4v) is 2.66. The van der Waals surface area contributed by atoms with Crippen molar-refractivity contribution in [3.05, 3.63) is 60.4 Å². The van der Waals surface area contributed by atoms with Gasteiger partial charge in [0.05, 0.1) is 11.0 Å². The smallest absolute Gasteiger partial charge is 0.287 e. The zero-order valence-electron chi connectivity index (χ0n) is 13.9. The van der Waals surface area contributed by atoms with Crippen LogP contribution < -0.4 is 10.6 Å². The number of aromatic nitrogens is 2. The Morgan fingerprint density at radius 3 is 2.69 bits per heavy atom. The molecular weight excluding hydrogens is 332 g/mol. The second-order valence-corrected chi connectivity index (χ2v) is 5.94. The molecule has 2 aromatic carbocycles. The maximum Gasteiger partial charge on any atom is 0.287 e. The standard InChI is InChI=1S/C19H16N4O3/c1-11(17(24)23-19-21-13-7-3-4-8-14(13)22-19)20-18(25)16-10-12-6-2-5-9-15(12)26-16/h2-11H,1H3,(H,20,25)(H2,21,22,23,24)/t11-/m1/s1. The van der Waals surface area contributed by atoms with Crippen LogP contribution in [0.4, 0.5) is 5.95 Å². The van der Waals surface area contributed by atoms with Gasteiger partial charge in [0.15, 0.2) is 5.76 Å². The van der Waals surface area contributed by atoms with Gasteiger partial charge in [-0.15, -0.1) is 0 Å². The normalized spacial score (nSPS) is 12.2. The SMILES string of the molecule is C[C@@H](NC(=O)c1cc2ccccc2o1)C(=O)Nc1nc2ccccc2[nH]1. The van der Waals surface area contributed by atoms with E-state index in [0.717, 1.165) is 16.4 Å². The van der Waals surface area contributed by atoms with E-state index >= 15 is 0 Å². The molecule has 2 aromatic heterocycles. The number of nitrogens with one attached hydrogen (secondary N) is 3. The van der Waals surface area contributed by atoms with E-state index in [1.54, 1.807) is 19.1 Å². The second kappa shape index (κ2) is 6.36. The number of furan rings is 1. The number of rotatable bonds is 4. The predicted octanol–water partition coefficient (Wildman–Crippen LogP) is 3.07. The maximum atomic E-state index is 12.3. The molecule has 26 heavy (non-hydrogen) atoms. The predicted molar refractivity (Wildman–Crippen MR) is 97.9 cm³/mol. The van der Waals surface area contributed by atoms with Gasteiger partial charge in [-0.1, -0.05) is 30.3 Å². The molecule has 3 N–H and O–H groups in total. The van der Waals surface area contributed by atoms with Crippen LogP contribution in [-0.4, -0.2) is 27.8 Å². The van der Waals surface area contributed by atoms with Crippen LogP contribution in [0.3, 0.4) is 0 Å². The zero-order valence-corrected chi connectivity index (χ0v) is 13.9. The molecule has 0 saturated carbocycles. The quantitative estimate of drug-likeness (QED) is 0.528. The summed E-state index contributed by atoms with van der Waals surface area (Å²) < 4.78 is 5.51. The van der Waals surface area contributed by atoms with E-state index < -0.39 is 11.9 Å². The molecule has 2 heterocycles. The number of imidazole rings is 1. The van der Waals surface area contributed by atoms with E-state index in [2.05, 4.69) is 20.6 Å². The van der Waals surface area contributed by atoms with Crippen molar-refractivity contribution in [2.45, 2.75) is 13.0 Å². The van der Waals surface area contributed by atoms with Gasteiger partial charge in [-0.05, 0) is 31.2 Å². The molecule has 0 spiro atoms. The Hall–Kier alpha value is -3.61. The Morgan fingerprint density at radius 2 is 1.88 bits per heavy atom. The highest BCUT2D eigenvalue weighted by Gasteiger charge is 2.20. The van der Waals surface area contributed by atoms with Crippen molar-refractivity contribution in [3.63, 3.8) is 0 Å². The molecule has 4 rings (SSSR count). The van der Waals surface area contributed by atoms with Gasteiger partial charge in [-0.3, -0.25) is 14.9 Å². The summed E-state index contributed by atoms with van der Waals surface area (Å²) in [6.07, 6.45) is 0. The minimum Gasteiger partial charge on any atom is -0.451 e. The number of H-pyrrole nitrogens is 1. The van der Waals surface area contributed by atoms with Crippen molar-refractivity contribution in [2.75, 3.05) is 5.32 Å². The van der Waals surface area contributed by atoms with E-state index in [1.807, 2.05) is 42.5 Å². The Labute approximate surface area is 148 Å². The summed E-state index contributed by atoms with van der Waals surface area (Å²) >= 11 is 0. The molecule has 7 heteroatoms. The highest BCUT2D eigenvalue weighted by molar-refractivity contribution is 6.01. The fourth-order valence-electron chi connectivity index (χ4n) is 2.66. The lowest BCUT2D eigenvalue weighted by molar-refractivity contribution is -0.117. The summed E-state index contributed by atoms with van der Waals surface area (Å²) in [5, 5.41) is 6.12. The number of fused-ring (bicyclic) bond motifs is 2. The molecule has 0 aliphatic rings. The lowest BCUT2D eigenvalue weighted by Crippen LogP contribution is -2.41. The highest BCUT2D eigenvalue weighted by atomic mass is 16.3. The largest absolute Gasteiger partial charge is 0.451 e. The first-order valence-corrected chi connectivity index (χ1v) is 8.15. The van der Waals surface area contributed by atoms with Crippen LogP contribution >= 0.6 is 0 Å². The lowest BCUT2D eigenvalue weighted by atomic mass is 10.2. The van der Waals surface area contributed by atoms with Gasteiger partial charge >= 0.3 is 0 Å². The van der Waals surface area contributed by atoms with Crippen LogP contribution in [0.2, 0.25) is 0 Å². The van der Waals surface area contributed by atoms with Gasteiger partial charge in [-0.25, -0.2) is 4.98 Å². The summed E-state index contributed by atoms with van der Waals surface area (Å²) in [4.78, 5) is 31.9. The van der Waals surface area contributed by atoms with Crippen LogP contribution in [0.1, 0.15) is 17.5 Å². The summed E-state index contributed by atoms with van der Waals surface area (Å²) in [6, 6.07) is 15.7. The van der Waals surface area contributed by atoms with E-state index in [4.69, 9.17) is 4.42 Å². The average Bonchev–Trinajstić information content (AvgIpc) is 3.24. The van der Waals surface area contributed by atoms with Crippen molar-refractivity contribution in [3.8, 4) is 0 Å². The molecule has 130 valence electrons. The van der Waals surface area contributed by atoms with Gasteiger partial charge in [-0.2, -0.15) is 0 Å². The van der Waals surface area contributed by atoms with Crippen LogP contribution in [0, 0.1) is 0 Å². The first-order valence-electron chi connectivity index (χ1n) is 8.15. The lowest BCUT2D eigenvalue weighted by Gasteiger charge is -2.11. The Bertz CT molecular complexity index is 1050. The maximum absolute atomic E-state index is 12.3. The van der Waals surface area contributed by atoms with Crippen molar-refractivity contribution >= 4 is 39.8 Å². The monoisotopic (exact) mass is 348 g/mol. The number of aromatic amines is 1. The summed E-state index contributed by atoms with van der Waals surface area (Å²) in [7, 11) is 0. The molecule has 0 bridgehead atoms. The number of carbonyl (C=O) groups excluding carboxylic acids is 2. The van der Waals surface area contributed by atoms with Gasteiger partial charge in [0.25, 0.3) is 5.91 Å². The van der Waals surface area contributed by atoms with E-state index in [1.165, 1.54) is 0 Å². The molecule has 0 unspecified atom stereocenters. The third-order valence-electron chi connectivity index (χ3n) is 4.02. The van der Waals surface area contributed by atoms with Gasteiger partial charge in [0.1, 0.15) is 11.6 Å². The highest BCUT2D eigenvalue weighted by Crippen LogP contribution is 2.19. The third-order valence-corrected chi connectivity index (χ3v) is 4.02. The second-order valence-electron chi connectivity index (χ2n) is 5.94. The van der Waals surface area contributed by atoms with Crippen LogP contribution in [0.25, 0.3) is 22.0 Å². The average molecular weight is 348 g/mol. The molecule has 1 atom stereocenters. The summed E-state index contributed by atoms with van der Waals surface area (Å²) in [6.45, 7) is 1.60. The van der Waals surface area contributed by atoms with Crippen molar-refractivity contribution < 1.29 is 14.0 Å².